The van der Waals surface area contributed by atoms with Crippen LogP contribution in [0.25, 0.3) is 10.2 Å². The fraction of sp³-hybridized carbons (Fsp3) is 0.0588. The van der Waals surface area contributed by atoms with Gasteiger partial charge >= 0.3 is 0 Å². The highest BCUT2D eigenvalue weighted by molar-refractivity contribution is 7.22. The lowest BCUT2D eigenvalue weighted by Crippen LogP contribution is -2.37. The number of nitrogens with zero attached hydrogens (tertiary/aromatic N) is 3. The first-order valence-corrected chi connectivity index (χ1v) is 8.69. The molecule has 2 N–H and O–H groups in total. The van der Waals surface area contributed by atoms with Crippen molar-refractivity contribution in [2.24, 2.45) is 0 Å². The van der Waals surface area contributed by atoms with E-state index in [2.05, 4.69) is 10.3 Å². The lowest BCUT2D eigenvalue weighted by molar-refractivity contribution is -0.384. The van der Waals surface area contributed by atoms with Crippen LogP contribution in [0.3, 0.4) is 0 Å². The van der Waals surface area contributed by atoms with Crippen LogP contribution in [-0.2, 0) is 4.79 Å². The van der Waals surface area contributed by atoms with Gasteiger partial charge < -0.3 is 10.4 Å². The van der Waals surface area contributed by atoms with Crippen LogP contribution in [0, 0.1) is 10.1 Å². The number of non-ortho nitro benzene ring substituents is 1. The van der Waals surface area contributed by atoms with Crippen LogP contribution in [0.5, 0.6) is 5.75 Å². The molecule has 0 fully saturated rings. The van der Waals surface area contributed by atoms with Crippen molar-refractivity contribution >= 4 is 50.1 Å². The van der Waals surface area contributed by atoms with Gasteiger partial charge in [0.15, 0.2) is 5.13 Å². The Hall–Kier alpha value is -3.86. The fourth-order valence-corrected chi connectivity index (χ4v) is 3.72. The van der Waals surface area contributed by atoms with Gasteiger partial charge in [0, 0.05) is 12.1 Å². The second kappa shape index (κ2) is 6.39. The molecule has 3 amide bonds. The van der Waals surface area contributed by atoms with Crippen molar-refractivity contribution in [3.05, 3.63) is 57.6 Å². The molecule has 10 nitrogen and oxygen atoms in total. The number of nitro groups is 1. The number of phenolic OH excluding ortho intramolecular Hbond substituents is 1. The van der Waals surface area contributed by atoms with Gasteiger partial charge in [0.05, 0.1) is 26.3 Å². The number of nitrogens with one attached hydrogen (secondary N) is 1. The number of hydrogen-bond donors (Lipinski definition) is 2. The van der Waals surface area contributed by atoms with Crippen LogP contribution in [0.15, 0.2) is 36.4 Å². The lowest BCUT2D eigenvalue weighted by Gasteiger charge is -2.12. The number of nitro benzene ring substituents is 1. The van der Waals surface area contributed by atoms with Gasteiger partial charge in [0.25, 0.3) is 17.5 Å². The molecule has 4 rings (SSSR count). The number of benzene rings is 2. The van der Waals surface area contributed by atoms with E-state index in [1.807, 2.05) is 0 Å². The Labute approximate surface area is 160 Å². The summed E-state index contributed by atoms with van der Waals surface area (Å²) in [6.45, 7) is -0.554. The first kappa shape index (κ1) is 17.5. The number of amides is 3. The topological polar surface area (TPSA) is 143 Å². The average Bonchev–Trinajstić information content (AvgIpc) is 3.14. The summed E-state index contributed by atoms with van der Waals surface area (Å²) < 4.78 is 0.656. The van der Waals surface area contributed by atoms with Gasteiger partial charge in [-0.3, -0.25) is 29.4 Å². The van der Waals surface area contributed by atoms with E-state index >= 15 is 0 Å². The lowest BCUT2D eigenvalue weighted by atomic mass is 10.1. The van der Waals surface area contributed by atoms with Crippen molar-refractivity contribution < 1.29 is 24.4 Å². The quantitative estimate of drug-likeness (QED) is 0.389. The maximum Gasteiger partial charge on any atom is 0.270 e. The predicted octanol–water partition coefficient (Wildman–Crippen LogP) is 2.14. The van der Waals surface area contributed by atoms with Gasteiger partial charge in [-0.25, -0.2) is 4.98 Å². The molecule has 11 heteroatoms. The second-order valence-electron chi connectivity index (χ2n) is 5.90. The highest BCUT2D eigenvalue weighted by Crippen LogP contribution is 2.29. The van der Waals surface area contributed by atoms with Crippen LogP contribution in [-0.4, -0.2) is 44.2 Å². The molecule has 0 bridgehead atoms. The third-order valence-corrected chi connectivity index (χ3v) is 5.02. The minimum absolute atomic E-state index is 0.0128. The molecule has 0 unspecified atom stereocenters. The van der Waals surface area contributed by atoms with Crippen molar-refractivity contribution in [3.63, 3.8) is 0 Å². The van der Waals surface area contributed by atoms with E-state index in [1.54, 1.807) is 6.07 Å². The third-order valence-electron chi connectivity index (χ3n) is 4.09. The van der Waals surface area contributed by atoms with Crippen LogP contribution in [0.2, 0.25) is 0 Å². The van der Waals surface area contributed by atoms with E-state index in [0.29, 0.717) is 10.2 Å². The Bertz CT molecular complexity index is 1190. The number of aromatic nitrogens is 1. The first-order valence-electron chi connectivity index (χ1n) is 7.87. The molecule has 28 heavy (non-hydrogen) atoms. The van der Waals surface area contributed by atoms with Gasteiger partial charge in [-0.15, -0.1) is 0 Å². The Morgan fingerprint density at radius 3 is 2.68 bits per heavy atom. The molecule has 140 valence electrons. The summed E-state index contributed by atoms with van der Waals surface area (Å²) >= 11 is 1.13. The maximum atomic E-state index is 12.4. The van der Waals surface area contributed by atoms with Crippen LogP contribution < -0.4 is 5.32 Å². The van der Waals surface area contributed by atoms with E-state index in [1.165, 1.54) is 18.2 Å². The third kappa shape index (κ3) is 2.93. The van der Waals surface area contributed by atoms with Crippen molar-refractivity contribution in [3.8, 4) is 5.75 Å². The van der Waals surface area contributed by atoms with E-state index in [0.717, 1.165) is 28.4 Å². The highest BCUT2D eigenvalue weighted by Gasteiger charge is 2.37. The Kier molecular flexibility index (Phi) is 4.00. The summed E-state index contributed by atoms with van der Waals surface area (Å²) in [7, 11) is 0. The summed E-state index contributed by atoms with van der Waals surface area (Å²) in [5.41, 5.74) is 0.163. The van der Waals surface area contributed by atoms with Crippen molar-refractivity contribution in [1.29, 1.82) is 0 Å². The molecule has 0 saturated heterocycles. The second-order valence-corrected chi connectivity index (χ2v) is 6.93. The van der Waals surface area contributed by atoms with Gasteiger partial charge in [0.2, 0.25) is 5.91 Å². The van der Waals surface area contributed by atoms with E-state index < -0.39 is 29.2 Å². The molecule has 0 spiro atoms. The molecular formula is C17H10N4O6S. The minimum atomic E-state index is -0.770. The minimum Gasteiger partial charge on any atom is -0.508 e. The van der Waals surface area contributed by atoms with Crippen molar-refractivity contribution in [1.82, 2.24) is 9.88 Å². The molecule has 1 aromatic heterocycles. The number of phenols is 1. The van der Waals surface area contributed by atoms with Gasteiger partial charge in [-0.05, 0) is 24.3 Å². The van der Waals surface area contributed by atoms with Crippen LogP contribution >= 0.6 is 11.3 Å². The van der Waals surface area contributed by atoms with E-state index in [4.69, 9.17) is 0 Å². The van der Waals surface area contributed by atoms with E-state index in [9.17, 15) is 29.6 Å². The molecule has 0 aliphatic carbocycles. The molecule has 2 aromatic carbocycles. The summed E-state index contributed by atoms with van der Waals surface area (Å²) in [6.07, 6.45) is 0. The number of fused-ring (bicyclic) bond motifs is 2. The molecule has 2 heterocycles. The summed E-state index contributed by atoms with van der Waals surface area (Å²) in [5, 5.41) is 23.1. The predicted molar refractivity (Wildman–Crippen MR) is 98.4 cm³/mol. The van der Waals surface area contributed by atoms with Gasteiger partial charge in [-0.2, -0.15) is 0 Å². The number of imide groups is 1. The molecular weight excluding hydrogens is 388 g/mol. The molecule has 0 radical (unpaired) electrons. The zero-order valence-electron chi connectivity index (χ0n) is 13.9. The normalized spacial score (nSPS) is 13.1. The number of aromatic hydroxyl groups is 1. The standard InChI is InChI=1S/C17H10N4O6S/c22-9-2-4-12-13(6-9)28-17(18-12)19-14(23)7-20-15(24)10-3-1-8(21(26)27)5-11(10)16(20)25/h1-6,22H,7H2,(H,18,19,23). The Balaban J connectivity index is 1.51. The van der Waals surface area contributed by atoms with E-state index in [-0.39, 0.29) is 27.7 Å². The SMILES string of the molecule is O=C(CN1C(=O)c2ccc([N+](=O)[O-])cc2C1=O)Nc1nc2ccc(O)cc2s1. The Morgan fingerprint density at radius 1 is 1.18 bits per heavy atom. The van der Waals surface area contributed by atoms with Crippen molar-refractivity contribution in [2.45, 2.75) is 0 Å². The summed E-state index contributed by atoms with van der Waals surface area (Å²) in [5.74, 6) is -2.05. The first-order chi connectivity index (χ1) is 13.3. The number of carbonyl (C=O) groups is 3. The summed E-state index contributed by atoms with van der Waals surface area (Å²) in [6, 6.07) is 7.91. The van der Waals surface area contributed by atoms with Crippen LogP contribution in [0.1, 0.15) is 20.7 Å². The molecule has 0 saturated carbocycles. The monoisotopic (exact) mass is 398 g/mol. The molecule has 3 aromatic rings. The number of rotatable bonds is 4. The fourth-order valence-electron chi connectivity index (χ4n) is 2.81. The zero-order chi connectivity index (χ0) is 20.0. The average molecular weight is 398 g/mol. The smallest absolute Gasteiger partial charge is 0.270 e. The Morgan fingerprint density at radius 2 is 1.93 bits per heavy atom. The summed E-state index contributed by atoms with van der Waals surface area (Å²) in [4.78, 5) is 52.2. The zero-order valence-corrected chi connectivity index (χ0v) is 14.7. The van der Waals surface area contributed by atoms with Gasteiger partial charge in [-0.1, -0.05) is 11.3 Å². The molecule has 1 aliphatic heterocycles. The maximum absolute atomic E-state index is 12.4. The largest absolute Gasteiger partial charge is 0.508 e. The van der Waals surface area contributed by atoms with Crippen molar-refractivity contribution in [2.75, 3.05) is 11.9 Å². The highest BCUT2D eigenvalue weighted by atomic mass is 32.1. The number of carbonyl (C=O) groups excluding carboxylic acids is 3. The van der Waals surface area contributed by atoms with Crippen LogP contribution in [0.4, 0.5) is 10.8 Å². The number of anilines is 1. The molecule has 0 atom stereocenters. The number of thiazole rings is 1. The van der Waals surface area contributed by atoms with Gasteiger partial charge in [0.1, 0.15) is 12.3 Å². The molecule has 1 aliphatic rings. The number of hydrogen-bond acceptors (Lipinski definition) is 8.